The van der Waals surface area contributed by atoms with Crippen LogP contribution in [-0.4, -0.2) is 17.4 Å². The number of alkyl halides is 3. The van der Waals surface area contributed by atoms with Crippen LogP contribution in [0.3, 0.4) is 0 Å². The highest BCUT2D eigenvalue weighted by Crippen LogP contribution is 2.39. The van der Waals surface area contributed by atoms with Crippen molar-refractivity contribution < 1.29 is 23.0 Å². The van der Waals surface area contributed by atoms with Crippen molar-refractivity contribution in [2.45, 2.75) is 45.1 Å². The van der Waals surface area contributed by atoms with Crippen LogP contribution < -0.4 is 10.1 Å². The number of aryl methyl sites for hydroxylation is 1. The van der Waals surface area contributed by atoms with E-state index in [2.05, 4.69) is 24.4 Å². The smallest absolute Gasteiger partial charge is 0.416 e. The summed E-state index contributed by atoms with van der Waals surface area (Å²) in [6, 6.07) is 18.2. The Hall–Kier alpha value is -3.32. The van der Waals surface area contributed by atoms with Crippen LogP contribution in [0.5, 0.6) is 11.5 Å². The molecule has 178 valence electrons. The lowest BCUT2D eigenvalue weighted by molar-refractivity contribution is -0.137. The van der Waals surface area contributed by atoms with Gasteiger partial charge in [-0.15, -0.1) is 0 Å². The lowest BCUT2D eigenvalue weighted by atomic mass is 9.92. The summed E-state index contributed by atoms with van der Waals surface area (Å²) >= 11 is 0. The molecule has 0 aromatic heterocycles. The predicted octanol–water partition coefficient (Wildman–Crippen LogP) is 6.59. The number of aromatic hydroxyl groups is 1. The molecule has 0 saturated heterocycles. The van der Waals surface area contributed by atoms with Gasteiger partial charge in [-0.3, -0.25) is 10.3 Å². The Labute approximate surface area is 197 Å². The van der Waals surface area contributed by atoms with Crippen LogP contribution in [-0.2, 0) is 12.6 Å². The molecular weight excluding hydrogens is 441 g/mol. The molecule has 0 bridgehead atoms. The maximum atomic E-state index is 13.1. The number of hydrogen-bond donors (Lipinski definition) is 2. The molecule has 2 N–H and O–H groups in total. The van der Waals surface area contributed by atoms with Gasteiger partial charge < -0.3 is 9.84 Å². The van der Waals surface area contributed by atoms with Crippen molar-refractivity contribution in [3.63, 3.8) is 0 Å². The van der Waals surface area contributed by atoms with Crippen molar-refractivity contribution in [2.24, 2.45) is 4.99 Å². The quantitative estimate of drug-likeness (QED) is 0.429. The molecule has 7 heteroatoms. The topological polar surface area (TPSA) is 53.8 Å². The van der Waals surface area contributed by atoms with E-state index in [1.54, 1.807) is 6.07 Å². The number of rotatable bonds is 6. The van der Waals surface area contributed by atoms with Crippen molar-refractivity contribution in [1.82, 2.24) is 5.32 Å². The summed E-state index contributed by atoms with van der Waals surface area (Å²) in [5.41, 5.74) is 3.53. The molecule has 3 aromatic rings. The fourth-order valence-corrected chi connectivity index (χ4v) is 4.13. The number of benzene rings is 3. The van der Waals surface area contributed by atoms with Crippen LogP contribution in [0.4, 0.5) is 13.2 Å². The summed E-state index contributed by atoms with van der Waals surface area (Å²) in [4.78, 5) is 4.85. The summed E-state index contributed by atoms with van der Waals surface area (Å²) in [6.07, 6.45) is -3.55. The highest BCUT2D eigenvalue weighted by atomic mass is 19.4. The first-order valence-corrected chi connectivity index (χ1v) is 11.3. The van der Waals surface area contributed by atoms with Gasteiger partial charge in [-0.2, -0.15) is 13.2 Å². The molecule has 0 saturated carbocycles. The minimum atomic E-state index is -4.40. The Balaban J connectivity index is 1.73. The van der Waals surface area contributed by atoms with Crippen LogP contribution in [0.2, 0.25) is 0 Å². The highest BCUT2D eigenvalue weighted by molar-refractivity contribution is 6.01. The van der Waals surface area contributed by atoms with E-state index < -0.39 is 17.9 Å². The number of phenols is 1. The second kappa shape index (κ2) is 9.89. The van der Waals surface area contributed by atoms with Crippen LogP contribution in [0, 0.1) is 0 Å². The van der Waals surface area contributed by atoms with Gasteiger partial charge in [-0.05, 0) is 48.2 Å². The monoisotopic (exact) mass is 468 g/mol. The molecule has 0 aliphatic carbocycles. The van der Waals surface area contributed by atoms with E-state index in [4.69, 9.17) is 9.73 Å². The molecule has 1 aliphatic heterocycles. The van der Waals surface area contributed by atoms with Crippen molar-refractivity contribution >= 4 is 5.71 Å². The lowest BCUT2D eigenvalue weighted by Gasteiger charge is -2.31. The first-order valence-electron chi connectivity index (χ1n) is 11.3. The average molecular weight is 469 g/mol. The number of phenolic OH excluding ortho intramolecular Hbond substituents is 1. The molecule has 0 fully saturated rings. The van der Waals surface area contributed by atoms with Gasteiger partial charge in [0, 0.05) is 23.7 Å². The molecule has 3 aromatic carbocycles. The standard InChI is InChI=1S/C27H27F3N2O2/c1-3-17-8-10-18(11-9-17)22-16-23(21-6-5-7-24(25(21)33)34-4-2)32-26(31-22)19-12-14-20(15-13-19)27(28,29)30/h5-15,23,26,32-33H,3-4,16H2,1-2H3/t23-,26-/m1/s1. The highest BCUT2D eigenvalue weighted by Gasteiger charge is 2.32. The minimum Gasteiger partial charge on any atom is -0.504 e. The summed E-state index contributed by atoms with van der Waals surface area (Å²) in [6.45, 7) is 4.35. The molecule has 1 heterocycles. The van der Waals surface area contributed by atoms with Crippen LogP contribution in [0.1, 0.15) is 60.3 Å². The van der Waals surface area contributed by atoms with Crippen molar-refractivity contribution in [3.05, 3.63) is 94.5 Å². The third-order valence-electron chi connectivity index (χ3n) is 6.00. The molecule has 4 rings (SSSR count). The van der Waals surface area contributed by atoms with E-state index in [-0.39, 0.29) is 11.8 Å². The van der Waals surface area contributed by atoms with Gasteiger partial charge in [0.2, 0.25) is 0 Å². The Kier molecular flexibility index (Phi) is 6.93. The number of hydrogen-bond acceptors (Lipinski definition) is 4. The molecule has 4 nitrogen and oxygen atoms in total. The summed E-state index contributed by atoms with van der Waals surface area (Å²) < 4.78 is 44.7. The Morgan fingerprint density at radius 3 is 2.32 bits per heavy atom. The van der Waals surface area contributed by atoms with Gasteiger partial charge in [0.05, 0.1) is 12.2 Å². The van der Waals surface area contributed by atoms with E-state index in [0.29, 0.717) is 29.9 Å². The zero-order valence-electron chi connectivity index (χ0n) is 19.1. The van der Waals surface area contributed by atoms with Crippen molar-refractivity contribution in [2.75, 3.05) is 6.61 Å². The molecule has 0 unspecified atom stereocenters. The number of para-hydroxylation sites is 1. The third kappa shape index (κ3) is 5.09. The van der Waals surface area contributed by atoms with Gasteiger partial charge in [0.1, 0.15) is 6.17 Å². The van der Waals surface area contributed by atoms with Gasteiger partial charge >= 0.3 is 6.18 Å². The first-order chi connectivity index (χ1) is 16.3. The van der Waals surface area contributed by atoms with Crippen molar-refractivity contribution in [1.29, 1.82) is 0 Å². The summed E-state index contributed by atoms with van der Waals surface area (Å²) in [5, 5.41) is 14.2. The number of nitrogens with zero attached hydrogens (tertiary/aromatic N) is 1. The fourth-order valence-electron chi connectivity index (χ4n) is 4.13. The van der Waals surface area contributed by atoms with Crippen molar-refractivity contribution in [3.8, 4) is 11.5 Å². The van der Waals surface area contributed by atoms with Gasteiger partial charge in [0.25, 0.3) is 0 Å². The maximum Gasteiger partial charge on any atom is 0.416 e. The predicted molar refractivity (Wildman–Crippen MR) is 126 cm³/mol. The van der Waals surface area contributed by atoms with Crippen LogP contribution in [0.15, 0.2) is 71.7 Å². The molecule has 2 atom stereocenters. The zero-order valence-corrected chi connectivity index (χ0v) is 19.1. The minimum absolute atomic E-state index is 0.0515. The van der Waals surface area contributed by atoms with Crippen LogP contribution >= 0.6 is 0 Å². The number of aliphatic imine (C=N–C) groups is 1. The Bertz CT molecular complexity index is 1160. The normalized spacial score (nSPS) is 18.4. The molecule has 0 spiro atoms. The van der Waals surface area contributed by atoms with E-state index >= 15 is 0 Å². The lowest BCUT2D eigenvalue weighted by Crippen LogP contribution is -2.33. The number of halogens is 3. The van der Waals surface area contributed by atoms with E-state index in [0.717, 1.165) is 29.8 Å². The maximum absolute atomic E-state index is 13.1. The molecule has 1 aliphatic rings. The van der Waals surface area contributed by atoms with Gasteiger partial charge in [-0.25, -0.2) is 0 Å². The summed E-state index contributed by atoms with van der Waals surface area (Å²) in [7, 11) is 0. The Morgan fingerprint density at radius 1 is 1.00 bits per heavy atom. The molecule has 34 heavy (non-hydrogen) atoms. The fraction of sp³-hybridized carbons (Fsp3) is 0.296. The third-order valence-corrected chi connectivity index (χ3v) is 6.00. The van der Waals surface area contributed by atoms with E-state index in [1.807, 2.05) is 31.2 Å². The second-order valence-electron chi connectivity index (χ2n) is 8.20. The first kappa shape index (κ1) is 23.8. The molecule has 0 radical (unpaired) electrons. The second-order valence-corrected chi connectivity index (χ2v) is 8.20. The summed E-state index contributed by atoms with van der Waals surface area (Å²) in [5.74, 6) is 0.444. The molecular formula is C27H27F3N2O2. The Morgan fingerprint density at radius 2 is 1.71 bits per heavy atom. The average Bonchev–Trinajstić information content (AvgIpc) is 2.85. The number of ether oxygens (including phenoxy) is 1. The molecule has 0 amide bonds. The van der Waals surface area contributed by atoms with E-state index in [9.17, 15) is 18.3 Å². The number of nitrogens with one attached hydrogen (secondary N) is 1. The van der Waals surface area contributed by atoms with Gasteiger partial charge in [-0.1, -0.05) is 55.5 Å². The van der Waals surface area contributed by atoms with Gasteiger partial charge in [0.15, 0.2) is 11.5 Å². The largest absolute Gasteiger partial charge is 0.504 e. The zero-order chi connectivity index (χ0) is 24.3. The van der Waals surface area contributed by atoms with Crippen LogP contribution in [0.25, 0.3) is 0 Å². The van der Waals surface area contributed by atoms with E-state index in [1.165, 1.54) is 17.7 Å². The SMILES string of the molecule is CCOc1cccc([C@H]2CC(c3ccc(CC)cc3)=N[C@@H](c3ccc(C(F)(F)F)cc3)N2)c1O.